The average Bonchev–Trinajstić information content (AvgIpc) is 2.59. The first-order chi connectivity index (χ1) is 11.6. The zero-order valence-electron chi connectivity index (χ0n) is 12.4. The fraction of sp³-hybridized carbons (Fsp3) is 0.176. The van der Waals surface area contributed by atoms with Gasteiger partial charge in [0.05, 0.1) is 11.6 Å². The number of para-hydroxylation sites is 1. The maximum absolute atomic E-state index is 13.8. The van der Waals surface area contributed by atoms with Crippen molar-refractivity contribution in [3.05, 3.63) is 59.2 Å². The molecule has 7 heteroatoms. The topological polar surface area (TPSA) is 71.4 Å². The van der Waals surface area contributed by atoms with E-state index in [1.807, 2.05) is 0 Å². The van der Waals surface area contributed by atoms with Crippen LogP contribution in [0.4, 0.5) is 8.78 Å². The standard InChI is InChI=1S/C17H12F2N2O3/c18-10-4-5-11(13(19)8-10)14(9-20)21-17(22)12-2-1-3-15-16(12)24-7-6-23-15/h1-5,8,14H,6-7H2,(H,21,22). The number of hydrogen-bond acceptors (Lipinski definition) is 4. The van der Waals surface area contributed by atoms with Crippen LogP contribution in [0.25, 0.3) is 0 Å². The highest BCUT2D eigenvalue weighted by Gasteiger charge is 2.24. The molecule has 1 aliphatic rings. The van der Waals surface area contributed by atoms with E-state index in [2.05, 4.69) is 5.32 Å². The summed E-state index contributed by atoms with van der Waals surface area (Å²) in [6.45, 7) is 0.672. The normalized spacial score (nSPS) is 13.7. The summed E-state index contributed by atoms with van der Waals surface area (Å²) >= 11 is 0. The van der Waals surface area contributed by atoms with E-state index in [0.717, 1.165) is 12.1 Å². The van der Waals surface area contributed by atoms with Crippen molar-refractivity contribution in [2.75, 3.05) is 13.2 Å². The van der Waals surface area contributed by atoms with Crippen molar-refractivity contribution in [2.45, 2.75) is 6.04 Å². The summed E-state index contributed by atoms with van der Waals surface area (Å²) in [7, 11) is 0. The summed E-state index contributed by atoms with van der Waals surface area (Å²) in [6, 6.07) is 8.12. The van der Waals surface area contributed by atoms with E-state index in [0.29, 0.717) is 25.0 Å². The van der Waals surface area contributed by atoms with Crippen molar-refractivity contribution in [3.63, 3.8) is 0 Å². The quantitative estimate of drug-likeness (QED) is 0.939. The highest BCUT2D eigenvalue weighted by Crippen LogP contribution is 2.33. The second-order valence-corrected chi connectivity index (χ2v) is 5.03. The maximum Gasteiger partial charge on any atom is 0.256 e. The first-order valence-corrected chi connectivity index (χ1v) is 7.14. The molecule has 0 radical (unpaired) electrons. The minimum absolute atomic E-state index is 0.116. The van der Waals surface area contributed by atoms with E-state index in [1.165, 1.54) is 6.07 Å². The lowest BCUT2D eigenvalue weighted by atomic mass is 10.1. The van der Waals surface area contributed by atoms with Gasteiger partial charge in [0.15, 0.2) is 11.5 Å². The van der Waals surface area contributed by atoms with Crippen LogP contribution in [0.1, 0.15) is 22.0 Å². The summed E-state index contributed by atoms with van der Waals surface area (Å²) in [6.07, 6.45) is 0. The van der Waals surface area contributed by atoms with Crippen LogP contribution < -0.4 is 14.8 Å². The molecule has 2 aromatic carbocycles. The highest BCUT2D eigenvalue weighted by molar-refractivity contribution is 5.98. The molecule has 1 atom stereocenters. The fourth-order valence-electron chi connectivity index (χ4n) is 2.38. The van der Waals surface area contributed by atoms with Gasteiger partial charge in [0.2, 0.25) is 0 Å². The number of nitriles is 1. The third-order valence-electron chi connectivity index (χ3n) is 3.49. The van der Waals surface area contributed by atoms with Crippen molar-refractivity contribution >= 4 is 5.91 Å². The maximum atomic E-state index is 13.8. The molecule has 3 rings (SSSR count). The third kappa shape index (κ3) is 2.99. The number of benzene rings is 2. The molecule has 5 nitrogen and oxygen atoms in total. The Bertz CT molecular complexity index is 833. The van der Waals surface area contributed by atoms with E-state index in [1.54, 1.807) is 18.2 Å². The van der Waals surface area contributed by atoms with Gasteiger partial charge < -0.3 is 14.8 Å². The van der Waals surface area contributed by atoms with E-state index in [4.69, 9.17) is 9.47 Å². The molecule has 24 heavy (non-hydrogen) atoms. The van der Waals surface area contributed by atoms with Gasteiger partial charge in [0, 0.05) is 11.6 Å². The first kappa shape index (κ1) is 15.7. The predicted octanol–water partition coefficient (Wildman–Crippen LogP) is 2.73. The summed E-state index contributed by atoms with van der Waals surface area (Å²) in [5.41, 5.74) is 0.0594. The molecule has 0 aliphatic carbocycles. The number of hydrogen-bond donors (Lipinski definition) is 1. The minimum atomic E-state index is -1.27. The van der Waals surface area contributed by atoms with Crippen LogP contribution in [0.5, 0.6) is 11.5 Å². The lowest BCUT2D eigenvalue weighted by Crippen LogP contribution is -2.29. The van der Waals surface area contributed by atoms with E-state index >= 15 is 0 Å². The number of ether oxygens (including phenoxy) is 2. The molecule has 0 bridgehead atoms. The summed E-state index contributed by atoms with van der Waals surface area (Å²) in [5, 5.41) is 11.6. The molecule has 0 aromatic heterocycles. The Kier molecular flexibility index (Phi) is 4.29. The molecule has 1 aliphatic heterocycles. The SMILES string of the molecule is N#CC(NC(=O)c1cccc2c1OCCO2)c1ccc(F)cc1F. The molecule has 122 valence electrons. The number of amides is 1. The van der Waals surface area contributed by atoms with Crippen LogP contribution >= 0.6 is 0 Å². The number of carbonyl (C=O) groups is 1. The van der Waals surface area contributed by atoms with Gasteiger partial charge in [0.1, 0.15) is 30.9 Å². The van der Waals surface area contributed by atoms with Crippen molar-refractivity contribution in [2.24, 2.45) is 0 Å². The Morgan fingerprint density at radius 2 is 2.00 bits per heavy atom. The van der Waals surface area contributed by atoms with Crippen molar-refractivity contribution in [1.82, 2.24) is 5.32 Å². The smallest absolute Gasteiger partial charge is 0.256 e. The zero-order valence-corrected chi connectivity index (χ0v) is 12.4. The average molecular weight is 330 g/mol. The molecule has 2 aromatic rings. The zero-order chi connectivity index (χ0) is 17.1. The number of halogens is 2. The van der Waals surface area contributed by atoms with Gasteiger partial charge in [-0.15, -0.1) is 0 Å². The number of nitrogens with one attached hydrogen (secondary N) is 1. The molecular weight excluding hydrogens is 318 g/mol. The van der Waals surface area contributed by atoms with Crippen molar-refractivity contribution in [3.8, 4) is 17.6 Å². The second kappa shape index (κ2) is 6.54. The predicted molar refractivity (Wildman–Crippen MR) is 79.6 cm³/mol. The Balaban J connectivity index is 1.87. The molecule has 0 spiro atoms. The van der Waals surface area contributed by atoms with Gasteiger partial charge >= 0.3 is 0 Å². The molecule has 1 amide bonds. The molecular formula is C17H12F2N2O3. The molecule has 0 saturated heterocycles. The fourth-order valence-corrected chi connectivity index (χ4v) is 2.38. The van der Waals surface area contributed by atoms with Gasteiger partial charge in [-0.1, -0.05) is 12.1 Å². The van der Waals surface area contributed by atoms with Gasteiger partial charge in [0.25, 0.3) is 5.91 Å². The molecule has 1 unspecified atom stereocenters. The van der Waals surface area contributed by atoms with Crippen LogP contribution in [0.15, 0.2) is 36.4 Å². The Hall–Kier alpha value is -3.14. The number of nitrogens with zero attached hydrogens (tertiary/aromatic N) is 1. The molecule has 0 saturated carbocycles. The van der Waals surface area contributed by atoms with Crippen LogP contribution in [-0.4, -0.2) is 19.1 Å². The van der Waals surface area contributed by atoms with Crippen LogP contribution in [0, 0.1) is 23.0 Å². The Morgan fingerprint density at radius 3 is 2.75 bits per heavy atom. The van der Waals surface area contributed by atoms with Gasteiger partial charge in [-0.25, -0.2) is 8.78 Å². The first-order valence-electron chi connectivity index (χ1n) is 7.14. The lowest BCUT2D eigenvalue weighted by Gasteiger charge is -2.21. The summed E-state index contributed by atoms with van der Waals surface area (Å²) in [4.78, 5) is 12.4. The lowest BCUT2D eigenvalue weighted by molar-refractivity contribution is 0.0933. The third-order valence-corrected chi connectivity index (χ3v) is 3.49. The minimum Gasteiger partial charge on any atom is -0.486 e. The Labute approximate surface area is 136 Å². The van der Waals surface area contributed by atoms with Crippen LogP contribution in [0.3, 0.4) is 0 Å². The summed E-state index contributed by atoms with van der Waals surface area (Å²) < 4.78 is 37.7. The monoisotopic (exact) mass is 330 g/mol. The van der Waals surface area contributed by atoms with E-state index < -0.39 is 23.6 Å². The van der Waals surface area contributed by atoms with Crippen LogP contribution in [0.2, 0.25) is 0 Å². The highest BCUT2D eigenvalue weighted by atomic mass is 19.1. The molecule has 0 fully saturated rings. The van der Waals surface area contributed by atoms with Gasteiger partial charge in [-0.2, -0.15) is 5.26 Å². The number of fused-ring (bicyclic) bond motifs is 1. The van der Waals surface area contributed by atoms with Crippen molar-refractivity contribution in [1.29, 1.82) is 5.26 Å². The largest absolute Gasteiger partial charge is 0.486 e. The molecule has 1 N–H and O–H groups in total. The van der Waals surface area contributed by atoms with E-state index in [-0.39, 0.29) is 16.9 Å². The number of rotatable bonds is 3. The Morgan fingerprint density at radius 1 is 1.21 bits per heavy atom. The number of carbonyl (C=O) groups excluding carboxylic acids is 1. The van der Waals surface area contributed by atoms with Crippen LogP contribution in [-0.2, 0) is 0 Å². The second-order valence-electron chi connectivity index (χ2n) is 5.03. The van der Waals surface area contributed by atoms with Gasteiger partial charge in [-0.05, 0) is 18.2 Å². The van der Waals surface area contributed by atoms with E-state index in [9.17, 15) is 18.8 Å². The summed E-state index contributed by atoms with van der Waals surface area (Å²) in [5.74, 6) is -1.58. The molecule has 1 heterocycles. The van der Waals surface area contributed by atoms with Gasteiger partial charge in [-0.3, -0.25) is 4.79 Å². The van der Waals surface area contributed by atoms with Crippen molar-refractivity contribution < 1.29 is 23.0 Å².